The van der Waals surface area contributed by atoms with Crippen LogP contribution in [0.4, 0.5) is 16.5 Å². The van der Waals surface area contributed by atoms with Crippen LogP contribution in [0.5, 0.6) is 0 Å². The van der Waals surface area contributed by atoms with Crippen LogP contribution in [0.25, 0.3) is 0 Å². The number of hydrogen-bond donors (Lipinski definition) is 2. The summed E-state index contributed by atoms with van der Waals surface area (Å²) in [5.41, 5.74) is 3.75. The van der Waals surface area contributed by atoms with Crippen molar-refractivity contribution >= 4 is 55.5 Å². The number of benzene rings is 2. The maximum atomic E-state index is 12.9. The summed E-state index contributed by atoms with van der Waals surface area (Å²) in [6.45, 7) is 7.26. The zero-order valence-corrected chi connectivity index (χ0v) is 22.1. The molecule has 0 radical (unpaired) electrons. The van der Waals surface area contributed by atoms with E-state index in [-0.39, 0.29) is 10.8 Å². The molecule has 2 aromatic carbocycles. The number of ether oxygens (including phenoxy) is 1. The van der Waals surface area contributed by atoms with Crippen molar-refractivity contribution in [1.82, 2.24) is 14.5 Å². The number of anilines is 3. The summed E-state index contributed by atoms with van der Waals surface area (Å²) in [7, 11) is -3.64. The predicted octanol–water partition coefficient (Wildman–Crippen LogP) is 4.04. The normalized spacial score (nSPS) is 15.5. The Balaban J connectivity index is 1.36. The van der Waals surface area contributed by atoms with Crippen LogP contribution < -0.4 is 10.6 Å². The van der Waals surface area contributed by atoms with Crippen molar-refractivity contribution in [3.8, 4) is 0 Å². The highest BCUT2D eigenvalue weighted by Gasteiger charge is 2.27. The summed E-state index contributed by atoms with van der Waals surface area (Å²) < 4.78 is 33.1. The Labute approximate surface area is 213 Å². The molecule has 1 amide bonds. The van der Waals surface area contributed by atoms with Gasteiger partial charge in [-0.15, -0.1) is 10.2 Å². The molecule has 0 saturated carbocycles. The molecule has 0 unspecified atom stereocenters. The largest absolute Gasteiger partial charge is 0.379 e. The Morgan fingerprint density at radius 3 is 2.60 bits per heavy atom. The van der Waals surface area contributed by atoms with E-state index in [9.17, 15) is 13.2 Å². The summed E-state index contributed by atoms with van der Waals surface area (Å²) in [6.07, 6.45) is 0. The highest BCUT2D eigenvalue weighted by Crippen LogP contribution is 2.31. The Morgan fingerprint density at radius 2 is 1.86 bits per heavy atom. The molecule has 9 nitrogen and oxygen atoms in total. The molecule has 0 aliphatic carbocycles. The van der Waals surface area contributed by atoms with Crippen LogP contribution in [0.2, 0.25) is 0 Å². The molecule has 2 heterocycles. The average Bonchev–Trinajstić information content (AvgIpc) is 3.28. The van der Waals surface area contributed by atoms with E-state index in [4.69, 9.17) is 4.74 Å². The first-order valence-electron chi connectivity index (χ1n) is 11.1. The van der Waals surface area contributed by atoms with Crippen molar-refractivity contribution in [2.24, 2.45) is 0 Å². The minimum absolute atomic E-state index is 0.142. The molecule has 0 spiro atoms. The number of rotatable bonds is 8. The molecule has 1 aromatic heterocycles. The maximum Gasteiger partial charge on any atom is 0.243 e. The fraction of sp³-hybridized carbons (Fsp3) is 0.348. The number of nitrogens with zero attached hydrogens (tertiary/aromatic N) is 3. The summed E-state index contributed by atoms with van der Waals surface area (Å²) in [4.78, 5) is 12.9. The summed E-state index contributed by atoms with van der Waals surface area (Å²) in [5, 5.41) is 14.6. The second-order valence-corrected chi connectivity index (χ2v) is 12.6. The highest BCUT2D eigenvalue weighted by atomic mass is 32.2. The number of carbonyl (C=O) groups excluding carboxylic acids is 1. The fourth-order valence-corrected chi connectivity index (χ4v) is 6.74. The van der Waals surface area contributed by atoms with Crippen LogP contribution in [0.15, 0.2) is 51.7 Å². The Hall–Kier alpha value is -2.51. The molecule has 0 bridgehead atoms. The van der Waals surface area contributed by atoms with E-state index in [1.807, 2.05) is 18.2 Å². The van der Waals surface area contributed by atoms with Gasteiger partial charge in [-0.1, -0.05) is 35.2 Å². The van der Waals surface area contributed by atoms with Crippen molar-refractivity contribution in [2.75, 3.05) is 36.9 Å². The average molecular weight is 534 g/mol. The molecule has 1 saturated heterocycles. The van der Waals surface area contributed by atoms with Crippen LogP contribution in [-0.4, -0.2) is 60.4 Å². The van der Waals surface area contributed by atoms with E-state index in [2.05, 4.69) is 34.7 Å². The standard InChI is InChI=1S/C23H27N5O4S3/c1-15-7-8-19(13-16(15)2)25-22-26-27-23(34-22)33-17(3)21(29)24-18-5-4-6-20(14-18)35(30,31)28-9-11-32-12-10-28/h4-8,13-14,17H,9-12H2,1-3H3,(H,24,29)(H,25,26)/t17-/m1/s1. The lowest BCUT2D eigenvalue weighted by Gasteiger charge is -2.26. The van der Waals surface area contributed by atoms with Crippen LogP contribution in [0.3, 0.4) is 0 Å². The van der Waals surface area contributed by atoms with Gasteiger partial charge in [-0.25, -0.2) is 8.42 Å². The molecule has 1 fully saturated rings. The molecular weight excluding hydrogens is 506 g/mol. The van der Waals surface area contributed by atoms with Crippen molar-refractivity contribution in [2.45, 2.75) is 35.3 Å². The quantitative estimate of drug-likeness (QED) is 0.417. The molecule has 1 aliphatic rings. The van der Waals surface area contributed by atoms with Gasteiger partial charge in [0.05, 0.1) is 23.4 Å². The molecule has 35 heavy (non-hydrogen) atoms. The number of sulfonamides is 1. The lowest BCUT2D eigenvalue weighted by molar-refractivity contribution is -0.115. The number of amides is 1. The SMILES string of the molecule is Cc1ccc(Nc2nnc(S[C@H](C)C(=O)Nc3cccc(S(=O)(=O)N4CCOCC4)c3)s2)cc1C. The van der Waals surface area contributed by atoms with Gasteiger partial charge >= 0.3 is 0 Å². The van der Waals surface area contributed by atoms with E-state index in [1.54, 1.807) is 19.1 Å². The lowest BCUT2D eigenvalue weighted by Crippen LogP contribution is -2.40. The number of aryl methyl sites for hydroxylation is 2. The molecule has 1 atom stereocenters. The third-order valence-electron chi connectivity index (χ3n) is 5.52. The summed E-state index contributed by atoms with van der Waals surface area (Å²) in [6, 6.07) is 12.4. The van der Waals surface area contributed by atoms with Crippen molar-refractivity contribution < 1.29 is 17.9 Å². The highest BCUT2D eigenvalue weighted by molar-refractivity contribution is 8.02. The van der Waals surface area contributed by atoms with Gasteiger partial charge in [0.25, 0.3) is 0 Å². The first-order valence-corrected chi connectivity index (χ1v) is 14.2. The summed E-state index contributed by atoms with van der Waals surface area (Å²) in [5.74, 6) is -0.255. The number of hydrogen-bond acceptors (Lipinski definition) is 9. The van der Waals surface area contributed by atoms with Crippen molar-refractivity contribution in [3.05, 3.63) is 53.6 Å². The molecule has 2 N–H and O–H groups in total. The number of aromatic nitrogens is 2. The number of nitrogens with one attached hydrogen (secondary N) is 2. The first-order chi connectivity index (χ1) is 16.7. The van der Waals surface area contributed by atoms with Crippen LogP contribution in [-0.2, 0) is 19.6 Å². The third-order valence-corrected chi connectivity index (χ3v) is 9.44. The van der Waals surface area contributed by atoms with E-state index >= 15 is 0 Å². The van der Waals surface area contributed by atoms with Gasteiger partial charge in [-0.05, 0) is 62.2 Å². The molecule has 4 rings (SSSR count). The molecule has 186 valence electrons. The smallest absolute Gasteiger partial charge is 0.243 e. The molecule has 1 aliphatic heterocycles. The second-order valence-electron chi connectivity index (χ2n) is 8.09. The van der Waals surface area contributed by atoms with E-state index < -0.39 is 15.3 Å². The minimum atomic E-state index is -3.64. The van der Waals surface area contributed by atoms with E-state index in [0.717, 1.165) is 5.69 Å². The van der Waals surface area contributed by atoms with Gasteiger partial charge in [-0.3, -0.25) is 4.79 Å². The van der Waals surface area contributed by atoms with E-state index in [0.29, 0.717) is 41.5 Å². The van der Waals surface area contributed by atoms with Crippen LogP contribution in [0.1, 0.15) is 18.1 Å². The van der Waals surface area contributed by atoms with Crippen molar-refractivity contribution in [1.29, 1.82) is 0 Å². The lowest BCUT2D eigenvalue weighted by atomic mass is 10.1. The number of morpholine rings is 1. The monoisotopic (exact) mass is 533 g/mol. The second kappa shape index (κ2) is 11.0. The van der Waals surface area contributed by atoms with Crippen LogP contribution >= 0.6 is 23.1 Å². The molecule has 12 heteroatoms. The third kappa shape index (κ3) is 6.39. The van der Waals surface area contributed by atoms with Crippen LogP contribution in [0, 0.1) is 13.8 Å². The Kier molecular flexibility index (Phi) is 8.07. The molecule has 3 aromatic rings. The van der Waals surface area contributed by atoms with Gasteiger partial charge in [0.1, 0.15) is 0 Å². The van der Waals surface area contributed by atoms with Gasteiger partial charge in [-0.2, -0.15) is 4.31 Å². The zero-order valence-electron chi connectivity index (χ0n) is 19.6. The predicted molar refractivity (Wildman–Crippen MR) is 139 cm³/mol. The van der Waals surface area contributed by atoms with E-state index in [1.165, 1.54) is 50.7 Å². The maximum absolute atomic E-state index is 12.9. The van der Waals surface area contributed by atoms with Gasteiger partial charge in [0.2, 0.25) is 21.1 Å². The van der Waals surface area contributed by atoms with Gasteiger partial charge in [0, 0.05) is 24.5 Å². The fourth-order valence-electron chi connectivity index (χ4n) is 3.37. The van der Waals surface area contributed by atoms with Gasteiger partial charge in [0.15, 0.2) is 4.34 Å². The summed E-state index contributed by atoms with van der Waals surface area (Å²) >= 11 is 2.66. The Morgan fingerprint density at radius 1 is 1.09 bits per heavy atom. The molecular formula is C23H27N5O4S3. The minimum Gasteiger partial charge on any atom is -0.379 e. The zero-order chi connectivity index (χ0) is 25.0. The number of carbonyl (C=O) groups is 1. The topological polar surface area (TPSA) is 114 Å². The first kappa shape index (κ1) is 25.6. The number of thioether (sulfide) groups is 1. The van der Waals surface area contributed by atoms with Gasteiger partial charge < -0.3 is 15.4 Å². The van der Waals surface area contributed by atoms with Crippen molar-refractivity contribution in [3.63, 3.8) is 0 Å². The Bertz CT molecular complexity index is 1310.